The van der Waals surface area contributed by atoms with Gasteiger partial charge in [-0.25, -0.2) is 8.78 Å². The maximum atomic E-state index is 13.4. The van der Waals surface area contributed by atoms with Gasteiger partial charge < -0.3 is 10.7 Å². The van der Waals surface area contributed by atoms with Gasteiger partial charge in [-0.05, 0) is 23.8 Å². The zero-order valence-corrected chi connectivity index (χ0v) is 7.93. The van der Waals surface area contributed by atoms with Gasteiger partial charge in [0.2, 0.25) is 0 Å². The van der Waals surface area contributed by atoms with E-state index in [-0.39, 0.29) is 12.1 Å². The Kier molecular flexibility index (Phi) is 2.51. The Morgan fingerprint density at radius 3 is 2.67 bits per heavy atom. The van der Waals surface area contributed by atoms with Crippen LogP contribution in [0.2, 0.25) is 0 Å². The molecule has 2 rings (SSSR count). The molecule has 0 atom stereocenters. The predicted octanol–water partition coefficient (Wildman–Crippen LogP) is 2.42. The number of halogens is 2. The molecule has 2 aromatic rings. The van der Waals surface area contributed by atoms with E-state index in [0.717, 1.165) is 23.8 Å². The second kappa shape index (κ2) is 3.82. The van der Waals surface area contributed by atoms with E-state index in [1.165, 1.54) is 0 Å². The van der Waals surface area contributed by atoms with E-state index >= 15 is 0 Å². The van der Waals surface area contributed by atoms with Crippen molar-refractivity contribution in [1.82, 2.24) is 4.98 Å². The molecule has 4 heteroatoms. The third-order valence-electron chi connectivity index (χ3n) is 2.27. The molecule has 2 nitrogen and oxygen atoms in total. The van der Waals surface area contributed by atoms with Crippen LogP contribution in [0.5, 0.6) is 0 Å². The highest BCUT2D eigenvalue weighted by Gasteiger charge is 2.10. The highest BCUT2D eigenvalue weighted by molar-refractivity contribution is 5.67. The predicted molar refractivity (Wildman–Crippen MR) is 54.0 cm³/mol. The number of H-pyrrole nitrogens is 1. The fourth-order valence-electron chi connectivity index (χ4n) is 1.52. The standard InChI is InChI=1S/C11H10F2N2/c12-8-1-2-11(13)9(3-8)10-6-15-5-7(10)4-14/h1-3,5-6,15H,4,14H2. The first-order chi connectivity index (χ1) is 7.22. The zero-order chi connectivity index (χ0) is 10.8. The van der Waals surface area contributed by atoms with Gasteiger partial charge in [0.25, 0.3) is 0 Å². The largest absolute Gasteiger partial charge is 0.367 e. The van der Waals surface area contributed by atoms with Gasteiger partial charge in [0.05, 0.1) is 0 Å². The van der Waals surface area contributed by atoms with Crippen molar-refractivity contribution in [1.29, 1.82) is 0 Å². The molecule has 0 fully saturated rings. The molecule has 78 valence electrons. The van der Waals surface area contributed by atoms with E-state index in [9.17, 15) is 8.78 Å². The van der Waals surface area contributed by atoms with E-state index in [2.05, 4.69) is 4.98 Å². The average Bonchev–Trinajstić information content (AvgIpc) is 2.69. The minimum absolute atomic E-state index is 0.233. The molecular formula is C11H10F2N2. The molecule has 0 bridgehead atoms. The molecule has 1 aromatic heterocycles. The van der Waals surface area contributed by atoms with Crippen LogP contribution in [-0.2, 0) is 6.54 Å². The number of rotatable bonds is 2. The first-order valence-electron chi connectivity index (χ1n) is 4.53. The molecule has 0 radical (unpaired) electrons. The molecule has 0 saturated heterocycles. The lowest BCUT2D eigenvalue weighted by atomic mass is 10.0. The second-order valence-corrected chi connectivity index (χ2v) is 3.22. The van der Waals surface area contributed by atoms with Gasteiger partial charge >= 0.3 is 0 Å². The fourth-order valence-corrected chi connectivity index (χ4v) is 1.52. The molecular weight excluding hydrogens is 198 g/mol. The van der Waals surface area contributed by atoms with Crippen LogP contribution in [0.15, 0.2) is 30.6 Å². The van der Waals surface area contributed by atoms with Crippen LogP contribution in [0.4, 0.5) is 8.78 Å². The smallest absolute Gasteiger partial charge is 0.131 e. The van der Waals surface area contributed by atoms with Gasteiger partial charge in [-0.15, -0.1) is 0 Å². The number of aromatic nitrogens is 1. The SMILES string of the molecule is NCc1c[nH]cc1-c1cc(F)ccc1F. The van der Waals surface area contributed by atoms with Crippen LogP contribution in [-0.4, -0.2) is 4.98 Å². The van der Waals surface area contributed by atoms with Crippen molar-refractivity contribution in [3.8, 4) is 11.1 Å². The van der Waals surface area contributed by atoms with E-state index in [4.69, 9.17) is 5.73 Å². The summed E-state index contributed by atoms with van der Waals surface area (Å²) in [5, 5.41) is 0. The minimum Gasteiger partial charge on any atom is -0.367 e. The summed E-state index contributed by atoms with van der Waals surface area (Å²) in [6.07, 6.45) is 3.29. The molecule has 15 heavy (non-hydrogen) atoms. The molecule has 0 aliphatic heterocycles. The third-order valence-corrected chi connectivity index (χ3v) is 2.27. The lowest BCUT2D eigenvalue weighted by Crippen LogP contribution is -1.97. The molecule has 0 aliphatic rings. The minimum atomic E-state index is -0.462. The van der Waals surface area contributed by atoms with Crippen molar-refractivity contribution >= 4 is 0 Å². The summed E-state index contributed by atoms with van der Waals surface area (Å²) in [4.78, 5) is 2.83. The average molecular weight is 208 g/mol. The normalized spacial score (nSPS) is 10.6. The van der Waals surface area contributed by atoms with Crippen LogP contribution in [0.3, 0.4) is 0 Å². The first kappa shape index (κ1) is 9.86. The quantitative estimate of drug-likeness (QED) is 0.781. The van der Waals surface area contributed by atoms with Gasteiger partial charge in [0.1, 0.15) is 11.6 Å². The monoisotopic (exact) mass is 208 g/mol. The Balaban J connectivity index is 2.58. The van der Waals surface area contributed by atoms with Crippen molar-refractivity contribution in [2.24, 2.45) is 5.73 Å². The number of nitrogens with one attached hydrogen (secondary N) is 1. The van der Waals surface area contributed by atoms with Crippen molar-refractivity contribution in [3.05, 3.63) is 47.8 Å². The lowest BCUT2D eigenvalue weighted by Gasteiger charge is -2.03. The van der Waals surface area contributed by atoms with Gasteiger partial charge in [0, 0.05) is 30.1 Å². The van der Waals surface area contributed by atoms with Crippen LogP contribution < -0.4 is 5.73 Å². The van der Waals surface area contributed by atoms with Crippen molar-refractivity contribution in [2.45, 2.75) is 6.54 Å². The van der Waals surface area contributed by atoms with E-state index in [1.807, 2.05) is 0 Å². The Hall–Kier alpha value is -1.68. The Bertz CT molecular complexity index is 477. The van der Waals surface area contributed by atoms with Crippen LogP contribution in [0.25, 0.3) is 11.1 Å². The summed E-state index contributed by atoms with van der Waals surface area (Å²) in [6.45, 7) is 0.286. The van der Waals surface area contributed by atoms with E-state index in [0.29, 0.717) is 5.56 Å². The topological polar surface area (TPSA) is 41.8 Å². The molecule has 0 unspecified atom stereocenters. The molecule has 0 saturated carbocycles. The maximum Gasteiger partial charge on any atom is 0.131 e. The maximum absolute atomic E-state index is 13.4. The highest BCUT2D eigenvalue weighted by atomic mass is 19.1. The number of hydrogen-bond donors (Lipinski definition) is 2. The molecule has 0 amide bonds. The number of aromatic amines is 1. The van der Waals surface area contributed by atoms with Crippen molar-refractivity contribution in [2.75, 3.05) is 0 Å². The summed E-state index contributed by atoms with van der Waals surface area (Å²) < 4.78 is 26.4. The van der Waals surface area contributed by atoms with E-state index in [1.54, 1.807) is 12.4 Å². The summed E-state index contributed by atoms with van der Waals surface area (Å²) in [5.41, 5.74) is 7.09. The number of benzene rings is 1. The molecule has 0 spiro atoms. The fraction of sp³-hybridized carbons (Fsp3) is 0.0909. The Labute approximate surface area is 85.7 Å². The molecule has 3 N–H and O–H groups in total. The number of nitrogens with two attached hydrogens (primary N) is 1. The summed E-state index contributed by atoms with van der Waals surface area (Å²) in [7, 11) is 0. The third kappa shape index (κ3) is 1.76. The van der Waals surface area contributed by atoms with Gasteiger partial charge in [0.15, 0.2) is 0 Å². The number of hydrogen-bond acceptors (Lipinski definition) is 1. The van der Waals surface area contributed by atoms with Gasteiger partial charge in [-0.3, -0.25) is 0 Å². The Morgan fingerprint density at radius 1 is 1.13 bits per heavy atom. The lowest BCUT2D eigenvalue weighted by molar-refractivity contribution is 0.603. The zero-order valence-electron chi connectivity index (χ0n) is 7.93. The van der Waals surface area contributed by atoms with Gasteiger partial charge in [-0.2, -0.15) is 0 Å². The van der Waals surface area contributed by atoms with Crippen molar-refractivity contribution in [3.63, 3.8) is 0 Å². The van der Waals surface area contributed by atoms with Crippen molar-refractivity contribution < 1.29 is 8.78 Å². The summed E-state index contributed by atoms with van der Waals surface area (Å²) in [5.74, 6) is -0.915. The second-order valence-electron chi connectivity index (χ2n) is 3.22. The van der Waals surface area contributed by atoms with E-state index < -0.39 is 11.6 Å². The summed E-state index contributed by atoms with van der Waals surface area (Å²) >= 11 is 0. The first-order valence-corrected chi connectivity index (χ1v) is 4.53. The van der Waals surface area contributed by atoms with Gasteiger partial charge in [-0.1, -0.05) is 0 Å². The van der Waals surface area contributed by atoms with Crippen LogP contribution >= 0.6 is 0 Å². The Morgan fingerprint density at radius 2 is 1.93 bits per heavy atom. The van der Waals surface area contributed by atoms with Crippen LogP contribution in [0, 0.1) is 11.6 Å². The van der Waals surface area contributed by atoms with Crippen LogP contribution in [0.1, 0.15) is 5.56 Å². The molecule has 1 heterocycles. The summed E-state index contributed by atoms with van der Waals surface area (Å²) in [6, 6.07) is 3.36. The molecule has 1 aromatic carbocycles. The highest BCUT2D eigenvalue weighted by Crippen LogP contribution is 2.26. The molecule has 0 aliphatic carbocycles.